The number of rotatable bonds is 4. The van der Waals surface area contributed by atoms with Gasteiger partial charge in [0.15, 0.2) is 6.10 Å². The molecule has 23 heavy (non-hydrogen) atoms. The van der Waals surface area contributed by atoms with Crippen LogP contribution in [0, 0.1) is 0 Å². The number of fused-ring (bicyclic) bond motifs is 1. The monoisotopic (exact) mass is 349 g/mol. The summed E-state index contributed by atoms with van der Waals surface area (Å²) in [6, 6.07) is 11.9. The van der Waals surface area contributed by atoms with Crippen molar-refractivity contribution in [1.82, 2.24) is 4.98 Å². The first-order valence-electron chi connectivity index (χ1n) is 6.66. The van der Waals surface area contributed by atoms with Crippen LogP contribution < -0.4 is 4.74 Å². The van der Waals surface area contributed by atoms with Gasteiger partial charge in [-0.25, -0.2) is 9.78 Å². The zero-order chi connectivity index (χ0) is 16.4. The van der Waals surface area contributed by atoms with E-state index in [2.05, 4.69) is 9.72 Å². The fraction of sp³-hybridized carbons (Fsp3) is 0.125. The lowest BCUT2D eigenvalue weighted by Crippen LogP contribution is -2.13. The number of aromatic nitrogens is 1. The maximum absolute atomic E-state index is 11.3. The first-order valence-corrected chi connectivity index (χ1v) is 7.86. The van der Waals surface area contributed by atoms with Crippen molar-refractivity contribution in [3.05, 3.63) is 53.1 Å². The number of carbonyl (C=O) groups excluding carboxylic acids is 1. The Morgan fingerprint density at radius 1 is 1.26 bits per heavy atom. The second-order valence-electron chi connectivity index (χ2n) is 4.69. The first-order chi connectivity index (χ1) is 11.1. The molecule has 0 spiro atoms. The zero-order valence-electron chi connectivity index (χ0n) is 12.0. The molecule has 3 aromatic rings. The van der Waals surface area contributed by atoms with Crippen LogP contribution in [0.15, 0.2) is 42.5 Å². The molecule has 0 amide bonds. The molecule has 0 bridgehead atoms. The largest absolute Gasteiger partial charge is 0.467 e. The Kier molecular flexibility index (Phi) is 4.47. The summed E-state index contributed by atoms with van der Waals surface area (Å²) in [5.41, 5.74) is 1.24. The van der Waals surface area contributed by atoms with Crippen molar-refractivity contribution < 1.29 is 19.4 Å². The molecule has 0 aliphatic carbocycles. The van der Waals surface area contributed by atoms with Crippen LogP contribution in [0.1, 0.15) is 11.7 Å². The second-order valence-corrected chi connectivity index (χ2v) is 6.12. The van der Waals surface area contributed by atoms with E-state index in [-0.39, 0.29) is 0 Å². The van der Waals surface area contributed by atoms with Crippen LogP contribution >= 0.6 is 22.9 Å². The summed E-state index contributed by atoms with van der Waals surface area (Å²) in [6.45, 7) is 0. The molecule has 1 unspecified atom stereocenters. The molecule has 0 radical (unpaired) electrons. The summed E-state index contributed by atoms with van der Waals surface area (Å²) in [4.78, 5) is 15.7. The third-order valence-corrected chi connectivity index (χ3v) is 4.29. The van der Waals surface area contributed by atoms with Crippen LogP contribution in [0.2, 0.25) is 5.02 Å². The Labute approximate surface area is 141 Å². The maximum Gasteiger partial charge on any atom is 0.339 e. The number of aliphatic hydroxyl groups is 1. The number of hydrogen-bond donors (Lipinski definition) is 1. The molecule has 0 aliphatic rings. The Morgan fingerprint density at radius 3 is 2.70 bits per heavy atom. The van der Waals surface area contributed by atoms with E-state index in [1.54, 1.807) is 30.3 Å². The van der Waals surface area contributed by atoms with Crippen LogP contribution in [-0.4, -0.2) is 23.2 Å². The van der Waals surface area contributed by atoms with Gasteiger partial charge >= 0.3 is 5.97 Å². The van der Waals surface area contributed by atoms with E-state index >= 15 is 0 Å². The van der Waals surface area contributed by atoms with E-state index in [9.17, 15) is 9.90 Å². The number of halogens is 1. The van der Waals surface area contributed by atoms with Gasteiger partial charge in [0, 0.05) is 5.02 Å². The number of hydrogen-bond acceptors (Lipinski definition) is 6. The molecule has 1 N–H and O–H groups in total. The summed E-state index contributed by atoms with van der Waals surface area (Å²) in [6.07, 6.45) is -1.31. The molecular formula is C16H12ClNO4S. The quantitative estimate of drug-likeness (QED) is 0.722. The molecule has 5 nitrogen and oxygen atoms in total. The van der Waals surface area contributed by atoms with Crippen LogP contribution in [0.25, 0.3) is 10.2 Å². The average molecular weight is 350 g/mol. The van der Waals surface area contributed by atoms with Crippen LogP contribution in [-0.2, 0) is 9.53 Å². The van der Waals surface area contributed by atoms with Gasteiger partial charge in [-0.1, -0.05) is 35.1 Å². The number of methoxy groups -OCH3 is 1. The Morgan fingerprint density at radius 2 is 2.00 bits per heavy atom. The Bertz CT molecular complexity index is 847. The van der Waals surface area contributed by atoms with E-state index in [4.69, 9.17) is 16.3 Å². The molecule has 0 aliphatic heterocycles. The van der Waals surface area contributed by atoms with Crippen molar-refractivity contribution in [2.24, 2.45) is 0 Å². The van der Waals surface area contributed by atoms with Gasteiger partial charge in [0.1, 0.15) is 5.75 Å². The van der Waals surface area contributed by atoms with Crippen molar-refractivity contribution >= 4 is 39.1 Å². The van der Waals surface area contributed by atoms with E-state index in [0.29, 0.717) is 21.5 Å². The minimum atomic E-state index is -1.31. The van der Waals surface area contributed by atoms with Crippen LogP contribution in [0.5, 0.6) is 10.9 Å². The van der Waals surface area contributed by atoms with Crippen molar-refractivity contribution in [2.75, 3.05) is 7.11 Å². The lowest BCUT2D eigenvalue weighted by molar-refractivity contribution is -0.150. The maximum atomic E-state index is 11.3. The van der Waals surface area contributed by atoms with Gasteiger partial charge in [-0.3, -0.25) is 0 Å². The van der Waals surface area contributed by atoms with Gasteiger partial charge < -0.3 is 14.6 Å². The van der Waals surface area contributed by atoms with Crippen molar-refractivity contribution in [1.29, 1.82) is 0 Å². The van der Waals surface area contributed by atoms with Crippen LogP contribution in [0.4, 0.5) is 0 Å². The topological polar surface area (TPSA) is 68.7 Å². The van der Waals surface area contributed by atoms with E-state index < -0.39 is 12.1 Å². The summed E-state index contributed by atoms with van der Waals surface area (Å²) in [7, 11) is 1.22. The second kappa shape index (κ2) is 6.54. The number of carbonyl (C=O) groups is 1. The fourth-order valence-corrected chi connectivity index (χ4v) is 3.10. The number of aliphatic hydroxyl groups excluding tert-OH is 1. The average Bonchev–Trinajstić information content (AvgIpc) is 2.95. The first kappa shape index (κ1) is 15.7. The lowest BCUT2D eigenvalue weighted by atomic mass is 10.1. The molecule has 0 saturated heterocycles. The van der Waals surface area contributed by atoms with Gasteiger partial charge in [-0.2, -0.15) is 0 Å². The highest BCUT2D eigenvalue weighted by molar-refractivity contribution is 7.20. The third kappa shape index (κ3) is 3.44. The number of thiazole rings is 1. The van der Waals surface area contributed by atoms with Gasteiger partial charge in [-0.15, -0.1) is 0 Å². The van der Waals surface area contributed by atoms with E-state index in [1.165, 1.54) is 18.4 Å². The smallest absolute Gasteiger partial charge is 0.339 e. The van der Waals surface area contributed by atoms with Crippen LogP contribution in [0.3, 0.4) is 0 Å². The molecule has 0 saturated carbocycles. The lowest BCUT2D eigenvalue weighted by Gasteiger charge is -2.09. The van der Waals surface area contributed by atoms with E-state index in [1.807, 2.05) is 12.1 Å². The van der Waals surface area contributed by atoms with E-state index in [0.717, 1.165) is 10.2 Å². The molecular weight excluding hydrogens is 338 g/mol. The van der Waals surface area contributed by atoms with Crippen molar-refractivity contribution in [3.8, 4) is 10.9 Å². The van der Waals surface area contributed by atoms with Crippen molar-refractivity contribution in [3.63, 3.8) is 0 Å². The molecule has 118 valence electrons. The summed E-state index contributed by atoms with van der Waals surface area (Å²) in [5, 5.41) is 10.9. The molecule has 1 atom stereocenters. The molecule has 1 heterocycles. The molecule has 2 aromatic carbocycles. The zero-order valence-corrected chi connectivity index (χ0v) is 13.6. The number of esters is 1. The predicted octanol–water partition coefficient (Wildman–Crippen LogP) is 3.95. The number of ether oxygens (including phenoxy) is 2. The number of nitrogens with zero attached hydrogens (tertiary/aromatic N) is 1. The highest BCUT2D eigenvalue weighted by Crippen LogP contribution is 2.33. The summed E-state index contributed by atoms with van der Waals surface area (Å²) >= 11 is 7.33. The third-order valence-electron chi connectivity index (χ3n) is 3.16. The molecule has 1 aromatic heterocycles. The molecule has 0 fully saturated rings. The molecule has 7 heteroatoms. The Balaban J connectivity index is 1.78. The highest BCUT2D eigenvalue weighted by atomic mass is 35.5. The normalized spacial score (nSPS) is 12.1. The Hall–Kier alpha value is -2.15. The predicted molar refractivity (Wildman–Crippen MR) is 88.1 cm³/mol. The minimum Gasteiger partial charge on any atom is -0.467 e. The highest BCUT2D eigenvalue weighted by Gasteiger charge is 2.17. The SMILES string of the molecule is COC(=O)C(O)c1ccc(Oc2nc3ccc(Cl)cc3s2)cc1. The standard InChI is InChI=1S/C16H12ClNO4S/c1-21-15(20)14(19)9-2-5-11(6-3-9)22-16-18-12-7-4-10(17)8-13(12)23-16/h2-8,14,19H,1H3. The van der Waals surface area contributed by atoms with Gasteiger partial charge in [0.25, 0.3) is 5.19 Å². The minimum absolute atomic E-state index is 0.431. The van der Waals surface area contributed by atoms with Gasteiger partial charge in [0.2, 0.25) is 0 Å². The molecule has 3 rings (SSSR count). The van der Waals surface area contributed by atoms with Gasteiger partial charge in [-0.05, 0) is 35.9 Å². The van der Waals surface area contributed by atoms with Gasteiger partial charge in [0.05, 0.1) is 17.3 Å². The summed E-state index contributed by atoms with van der Waals surface area (Å²) in [5.74, 6) is -0.155. The number of benzene rings is 2. The summed E-state index contributed by atoms with van der Waals surface area (Å²) < 4.78 is 11.1. The fourth-order valence-electron chi connectivity index (χ4n) is 1.99. The van der Waals surface area contributed by atoms with Crippen molar-refractivity contribution in [2.45, 2.75) is 6.10 Å².